The van der Waals surface area contributed by atoms with Gasteiger partial charge in [-0.25, -0.2) is 4.79 Å². The average molecular weight is 292 g/mol. The van der Waals surface area contributed by atoms with Crippen molar-refractivity contribution in [1.82, 2.24) is 0 Å². The Bertz CT molecular complexity index is 534. The SMILES string of the molecule is C=CC(=O)C(O)(CC(=O)O)C(=O)O.C=Cc1ccccc1. The first-order chi connectivity index (χ1) is 9.77. The molecule has 1 atom stereocenters. The monoisotopic (exact) mass is 292 g/mol. The molecule has 0 heterocycles. The van der Waals surface area contributed by atoms with E-state index in [1.807, 2.05) is 36.4 Å². The van der Waals surface area contributed by atoms with Crippen molar-refractivity contribution < 1.29 is 29.7 Å². The van der Waals surface area contributed by atoms with E-state index in [-0.39, 0.29) is 0 Å². The minimum absolute atomic E-state index is 0.567. The number of benzene rings is 1. The topological polar surface area (TPSA) is 112 Å². The Morgan fingerprint density at radius 2 is 1.62 bits per heavy atom. The van der Waals surface area contributed by atoms with E-state index in [0.717, 1.165) is 0 Å². The first-order valence-electron chi connectivity index (χ1n) is 5.79. The molecule has 0 bridgehead atoms. The van der Waals surface area contributed by atoms with Crippen molar-refractivity contribution in [3.63, 3.8) is 0 Å². The first-order valence-corrected chi connectivity index (χ1v) is 5.79. The molecule has 6 heteroatoms. The largest absolute Gasteiger partial charge is 0.481 e. The quantitative estimate of drug-likeness (QED) is 0.539. The van der Waals surface area contributed by atoms with Crippen LogP contribution in [0.15, 0.2) is 49.6 Å². The van der Waals surface area contributed by atoms with Crippen molar-refractivity contribution in [1.29, 1.82) is 0 Å². The molecule has 1 rings (SSSR count). The third-order valence-corrected chi connectivity index (χ3v) is 2.39. The highest BCUT2D eigenvalue weighted by molar-refractivity contribution is 6.13. The van der Waals surface area contributed by atoms with Crippen molar-refractivity contribution in [2.45, 2.75) is 12.0 Å². The molecule has 3 N–H and O–H groups in total. The van der Waals surface area contributed by atoms with Gasteiger partial charge in [0.25, 0.3) is 0 Å². The molecule has 21 heavy (non-hydrogen) atoms. The zero-order valence-corrected chi connectivity index (χ0v) is 11.2. The fraction of sp³-hybridized carbons (Fsp3) is 0.133. The van der Waals surface area contributed by atoms with Gasteiger partial charge in [0.15, 0.2) is 5.78 Å². The summed E-state index contributed by atoms with van der Waals surface area (Å²) in [5.74, 6) is -4.73. The molecule has 0 aliphatic heterocycles. The third kappa shape index (κ3) is 5.84. The van der Waals surface area contributed by atoms with E-state index in [0.29, 0.717) is 6.08 Å². The molecule has 0 saturated carbocycles. The number of aliphatic hydroxyl groups is 1. The standard InChI is InChI=1S/C8H8.C7H8O6/c1-2-8-6-4-3-5-7-8;1-2-4(8)7(13,6(11)12)3-5(9)10/h2-7H,1H2;2,13H,1,3H2,(H,9,10)(H,11,12). The molecular formula is C15H16O6. The molecule has 6 nitrogen and oxygen atoms in total. The summed E-state index contributed by atoms with van der Waals surface area (Å²) in [7, 11) is 0. The fourth-order valence-electron chi connectivity index (χ4n) is 1.24. The van der Waals surface area contributed by atoms with Crippen molar-refractivity contribution in [2.24, 2.45) is 0 Å². The van der Waals surface area contributed by atoms with E-state index >= 15 is 0 Å². The molecule has 1 aromatic rings. The summed E-state index contributed by atoms with van der Waals surface area (Å²) in [6, 6.07) is 10.0. The van der Waals surface area contributed by atoms with Crippen molar-refractivity contribution >= 4 is 23.8 Å². The van der Waals surface area contributed by atoms with E-state index in [2.05, 4.69) is 13.2 Å². The molecule has 0 aromatic heterocycles. The van der Waals surface area contributed by atoms with E-state index < -0.39 is 29.7 Å². The zero-order chi connectivity index (χ0) is 16.5. The van der Waals surface area contributed by atoms with Crippen LogP contribution in [0.3, 0.4) is 0 Å². The molecule has 0 amide bonds. The maximum absolute atomic E-state index is 10.8. The summed E-state index contributed by atoms with van der Waals surface area (Å²) >= 11 is 0. The van der Waals surface area contributed by atoms with Crippen LogP contribution in [0, 0.1) is 0 Å². The molecule has 1 aromatic carbocycles. The van der Waals surface area contributed by atoms with Gasteiger partial charge in [-0.05, 0) is 11.6 Å². The molecule has 0 aliphatic rings. The lowest BCUT2D eigenvalue weighted by molar-refractivity contribution is -0.169. The number of aliphatic carboxylic acids is 2. The number of carbonyl (C=O) groups excluding carboxylic acids is 1. The Morgan fingerprint density at radius 3 is 1.90 bits per heavy atom. The van der Waals surface area contributed by atoms with Gasteiger partial charge >= 0.3 is 11.9 Å². The highest BCUT2D eigenvalue weighted by Gasteiger charge is 2.44. The van der Waals surface area contributed by atoms with E-state index in [1.54, 1.807) is 0 Å². The Hall–Kier alpha value is -2.73. The Balaban J connectivity index is 0.000000423. The van der Waals surface area contributed by atoms with Gasteiger partial charge in [-0.2, -0.15) is 0 Å². The predicted octanol–water partition coefficient (Wildman–Crippen LogP) is 1.36. The number of carbonyl (C=O) groups is 3. The van der Waals surface area contributed by atoms with Crippen LogP contribution in [0.2, 0.25) is 0 Å². The Labute approximate surface area is 121 Å². The van der Waals surface area contributed by atoms with Crippen molar-refractivity contribution in [3.8, 4) is 0 Å². The Kier molecular flexibility index (Phi) is 7.35. The van der Waals surface area contributed by atoms with Crippen LogP contribution >= 0.6 is 0 Å². The number of carboxylic acid groups (broad SMARTS) is 2. The van der Waals surface area contributed by atoms with E-state index in [9.17, 15) is 14.4 Å². The number of rotatable bonds is 6. The molecule has 112 valence electrons. The second kappa shape index (κ2) is 8.44. The van der Waals surface area contributed by atoms with Gasteiger partial charge in [-0.3, -0.25) is 9.59 Å². The molecule has 0 radical (unpaired) electrons. The number of hydrogen-bond donors (Lipinski definition) is 3. The summed E-state index contributed by atoms with van der Waals surface area (Å²) < 4.78 is 0. The molecular weight excluding hydrogens is 276 g/mol. The van der Waals surface area contributed by atoms with Gasteiger partial charge in [-0.15, -0.1) is 0 Å². The van der Waals surface area contributed by atoms with Gasteiger partial charge in [-0.1, -0.05) is 49.6 Å². The van der Waals surface area contributed by atoms with Crippen LogP contribution in [0.1, 0.15) is 12.0 Å². The maximum Gasteiger partial charge on any atom is 0.344 e. The summed E-state index contributed by atoms with van der Waals surface area (Å²) in [6.07, 6.45) is 1.21. The average Bonchev–Trinajstić information content (AvgIpc) is 2.46. The molecule has 0 aliphatic carbocycles. The highest BCUT2D eigenvalue weighted by atomic mass is 16.4. The normalized spacial score (nSPS) is 12.0. The summed E-state index contributed by atoms with van der Waals surface area (Å²) in [5.41, 5.74) is -1.74. The molecule has 0 saturated heterocycles. The molecule has 1 unspecified atom stereocenters. The van der Waals surface area contributed by atoms with Crippen LogP contribution in [0.4, 0.5) is 0 Å². The fourth-order valence-corrected chi connectivity index (χ4v) is 1.24. The van der Waals surface area contributed by atoms with Crippen LogP contribution in [0.5, 0.6) is 0 Å². The van der Waals surface area contributed by atoms with Gasteiger partial charge in [0.2, 0.25) is 5.60 Å². The number of hydrogen-bond acceptors (Lipinski definition) is 4. The van der Waals surface area contributed by atoms with Crippen LogP contribution in [0.25, 0.3) is 6.08 Å². The zero-order valence-electron chi connectivity index (χ0n) is 11.2. The van der Waals surface area contributed by atoms with Crippen LogP contribution in [-0.2, 0) is 14.4 Å². The second-order valence-electron chi connectivity index (χ2n) is 3.92. The van der Waals surface area contributed by atoms with Gasteiger partial charge in [0, 0.05) is 0 Å². The maximum atomic E-state index is 10.8. The minimum atomic E-state index is -2.91. The summed E-state index contributed by atoms with van der Waals surface area (Å²) in [5, 5.41) is 25.8. The first kappa shape index (κ1) is 18.3. The highest BCUT2D eigenvalue weighted by Crippen LogP contribution is 2.12. The van der Waals surface area contributed by atoms with Gasteiger partial charge < -0.3 is 15.3 Å². The van der Waals surface area contributed by atoms with E-state index in [4.69, 9.17) is 15.3 Å². The van der Waals surface area contributed by atoms with Crippen molar-refractivity contribution in [2.75, 3.05) is 0 Å². The second-order valence-corrected chi connectivity index (χ2v) is 3.92. The Morgan fingerprint density at radius 1 is 1.10 bits per heavy atom. The van der Waals surface area contributed by atoms with E-state index in [1.165, 1.54) is 5.56 Å². The minimum Gasteiger partial charge on any atom is -0.481 e. The van der Waals surface area contributed by atoms with Crippen molar-refractivity contribution in [3.05, 3.63) is 55.1 Å². The van der Waals surface area contributed by atoms with Crippen LogP contribution in [-0.4, -0.2) is 38.6 Å². The molecule has 0 fully saturated rings. The van der Waals surface area contributed by atoms with Crippen LogP contribution < -0.4 is 0 Å². The summed E-state index contributed by atoms with van der Waals surface area (Å²) in [4.78, 5) is 31.3. The third-order valence-electron chi connectivity index (χ3n) is 2.39. The lowest BCUT2D eigenvalue weighted by Crippen LogP contribution is -2.47. The molecule has 0 spiro atoms. The number of ketones is 1. The summed E-state index contributed by atoms with van der Waals surface area (Å²) in [6.45, 7) is 6.58. The number of carboxylic acids is 2. The lowest BCUT2D eigenvalue weighted by Gasteiger charge is -2.17. The lowest BCUT2D eigenvalue weighted by atomic mass is 9.94. The van der Waals surface area contributed by atoms with Gasteiger partial charge in [0.05, 0.1) is 6.42 Å². The predicted molar refractivity (Wildman–Crippen MR) is 76.6 cm³/mol. The van der Waals surface area contributed by atoms with Gasteiger partial charge in [0.1, 0.15) is 0 Å². The smallest absolute Gasteiger partial charge is 0.344 e.